The van der Waals surface area contributed by atoms with Gasteiger partial charge in [0.2, 0.25) is 0 Å². The lowest BCUT2D eigenvalue weighted by atomic mass is 10.1. The first-order valence-electron chi connectivity index (χ1n) is 6.64. The van der Waals surface area contributed by atoms with Gasteiger partial charge in [-0.15, -0.1) is 0 Å². The van der Waals surface area contributed by atoms with Crippen LogP contribution in [0.1, 0.15) is 24.8 Å². The fourth-order valence-electron chi connectivity index (χ4n) is 2.58. The standard InChI is InChI=1S/C15H13ClFN3/c16-12-7-11-10(9-18)6-15(19-14(11)8-13(12)17)20-4-2-1-3-5-20/h6-8H,1-5H2. The largest absolute Gasteiger partial charge is 0.357 e. The minimum absolute atomic E-state index is 0.0153. The molecule has 20 heavy (non-hydrogen) atoms. The number of rotatable bonds is 1. The second-order valence-electron chi connectivity index (χ2n) is 4.97. The van der Waals surface area contributed by atoms with E-state index in [-0.39, 0.29) is 5.02 Å². The highest BCUT2D eigenvalue weighted by atomic mass is 35.5. The topological polar surface area (TPSA) is 39.9 Å². The van der Waals surface area contributed by atoms with Crippen LogP contribution in [0.25, 0.3) is 10.9 Å². The summed E-state index contributed by atoms with van der Waals surface area (Å²) < 4.78 is 13.6. The fourth-order valence-corrected chi connectivity index (χ4v) is 2.75. The monoisotopic (exact) mass is 289 g/mol. The number of aromatic nitrogens is 1. The van der Waals surface area contributed by atoms with Crippen LogP contribution >= 0.6 is 11.6 Å². The van der Waals surface area contributed by atoms with Gasteiger partial charge in [0.1, 0.15) is 11.6 Å². The molecular weight excluding hydrogens is 277 g/mol. The van der Waals surface area contributed by atoms with Crippen LogP contribution in [0, 0.1) is 17.1 Å². The summed E-state index contributed by atoms with van der Waals surface area (Å²) >= 11 is 5.78. The number of anilines is 1. The first-order chi connectivity index (χ1) is 9.69. The first-order valence-corrected chi connectivity index (χ1v) is 7.01. The van der Waals surface area contributed by atoms with Crippen molar-refractivity contribution in [2.24, 2.45) is 0 Å². The summed E-state index contributed by atoms with van der Waals surface area (Å²) in [6, 6.07) is 6.68. The number of hydrogen-bond donors (Lipinski definition) is 0. The zero-order valence-corrected chi connectivity index (χ0v) is 11.6. The lowest BCUT2D eigenvalue weighted by molar-refractivity contribution is 0.574. The molecule has 0 amide bonds. The maximum Gasteiger partial charge on any atom is 0.143 e. The average molecular weight is 290 g/mol. The molecule has 1 aromatic carbocycles. The maximum absolute atomic E-state index is 13.6. The normalized spacial score (nSPS) is 15.3. The van der Waals surface area contributed by atoms with Crippen molar-refractivity contribution in [2.75, 3.05) is 18.0 Å². The van der Waals surface area contributed by atoms with E-state index in [2.05, 4.69) is 16.0 Å². The SMILES string of the molecule is N#Cc1cc(N2CCCCC2)nc2cc(F)c(Cl)cc12. The summed E-state index contributed by atoms with van der Waals surface area (Å²) in [6.07, 6.45) is 3.46. The van der Waals surface area contributed by atoms with Crippen LogP contribution in [-0.4, -0.2) is 18.1 Å². The highest BCUT2D eigenvalue weighted by Crippen LogP contribution is 2.28. The molecule has 5 heteroatoms. The van der Waals surface area contributed by atoms with Crippen LogP contribution in [0.15, 0.2) is 18.2 Å². The van der Waals surface area contributed by atoms with Gasteiger partial charge < -0.3 is 4.90 Å². The van der Waals surface area contributed by atoms with Gasteiger partial charge in [-0.2, -0.15) is 5.26 Å². The molecule has 2 aromatic rings. The zero-order valence-electron chi connectivity index (χ0n) is 10.9. The van der Waals surface area contributed by atoms with Crippen molar-refractivity contribution in [3.05, 3.63) is 34.6 Å². The number of hydrogen-bond acceptors (Lipinski definition) is 3. The van der Waals surface area contributed by atoms with E-state index in [9.17, 15) is 9.65 Å². The van der Waals surface area contributed by atoms with E-state index < -0.39 is 5.82 Å². The van der Waals surface area contributed by atoms with Crippen molar-refractivity contribution in [3.8, 4) is 6.07 Å². The lowest BCUT2D eigenvalue weighted by Crippen LogP contribution is -2.30. The van der Waals surface area contributed by atoms with Crippen molar-refractivity contribution < 1.29 is 4.39 Å². The predicted octanol–water partition coefficient (Wildman–Crippen LogP) is 3.89. The predicted molar refractivity (Wildman–Crippen MR) is 77.5 cm³/mol. The van der Waals surface area contributed by atoms with E-state index in [4.69, 9.17) is 11.6 Å². The molecule has 3 rings (SSSR count). The molecule has 0 saturated carbocycles. The molecule has 2 heterocycles. The Labute approximate surface area is 121 Å². The first kappa shape index (κ1) is 13.1. The lowest BCUT2D eigenvalue weighted by Gasteiger charge is -2.28. The number of nitriles is 1. The molecule has 0 unspecified atom stereocenters. The van der Waals surface area contributed by atoms with Crippen molar-refractivity contribution in [1.82, 2.24) is 4.98 Å². The molecule has 0 N–H and O–H groups in total. The minimum Gasteiger partial charge on any atom is -0.357 e. The Morgan fingerprint density at radius 1 is 1.20 bits per heavy atom. The second kappa shape index (κ2) is 5.26. The molecule has 1 saturated heterocycles. The molecule has 0 spiro atoms. The van der Waals surface area contributed by atoms with Crippen LogP contribution in [0.2, 0.25) is 5.02 Å². The van der Waals surface area contributed by atoms with Gasteiger partial charge in [0.25, 0.3) is 0 Å². The van der Waals surface area contributed by atoms with Gasteiger partial charge in [-0.3, -0.25) is 0 Å². The summed E-state index contributed by atoms with van der Waals surface area (Å²) in [5, 5.41) is 9.90. The Kier molecular flexibility index (Phi) is 3.45. The van der Waals surface area contributed by atoms with Crippen LogP contribution < -0.4 is 4.90 Å². The fraction of sp³-hybridized carbons (Fsp3) is 0.333. The van der Waals surface area contributed by atoms with Crippen LogP contribution in [0.4, 0.5) is 10.2 Å². The quantitative estimate of drug-likeness (QED) is 0.799. The van der Waals surface area contributed by atoms with Crippen molar-refractivity contribution in [3.63, 3.8) is 0 Å². The van der Waals surface area contributed by atoms with E-state index in [0.29, 0.717) is 16.5 Å². The second-order valence-corrected chi connectivity index (χ2v) is 5.38. The van der Waals surface area contributed by atoms with Gasteiger partial charge in [0, 0.05) is 24.5 Å². The molecule has 0 aliphatic carbocycles. The molecule has 1 aromatic heterocycles. The van der Waals surface area contributed by atoms with E-state index >= 15 is 0 Å². The molecule has 1 fully saturated rings. The number of pyridine rings is 1. The third kappa shape index (κ3) is 2.30. The van der Waals surface area contributed by atoms with Crippen molar-refractivity contribution in [1.29, 1.82) is 5.26 Å². The van der Waals surface area contributed by atoms with Crippen molar-refractivity contribution >= 4 is 28.3 Å². The Bertz CT molecular complexity index is 702. The summed E-state index contributed by atoms with van der Waals surface area (Å²) in [4.78, 5) is 6.63. The van der Waals surface area contributed by atoms with Gasteiger partial charge in [-0.25, -0.2) is 9.37 Å². The average Bonchev–Trinajstić information content (AvgIpc) is 2.48. The van der Waals surface area contributed by atoms with E-state index in [1.54, 1.807) is 6.07 Å². The molecule has 1 aliphatic rings. The molecular formula is C15H13ClFN3. The summed E-state index contributed by atoms with van der Waals surface area (Å²) in [6.45, 7) is 1.86. The minimum atomic E-state index is -0.508. The van der Waals surface area contributed by atoms with E-state index in [1.165, 1.54) is 18.6 Å². The molecule has 102 valence electrons. The van der Waals surface area contributed by atoms with Crippen LogP contribution in [0.5, 0.6) is 0 Å². The van der Waals surface area contributed by atoms with E-state index in [0.717, 1.165) is 31.7 Å². The maximum atomic E-state index is 13.6. The molecule has 1 aliphatic heterocycles. The number of benzene rings is 1. The van der Waals surface area contributed by atoms with Crippen molar-refractivity contribution in [2.45, 2.75) is 19.3 Å². The molecule has 3 nitrogen and oxygen atoms in total. The van der Waals surface area contributed by atoms with Gasteiger partial charge in [0.15, 0.2) is 0 Å². The smallest absolute Gasteiger partial charge is 0.143 e. The summed E-state index contributed by atoms with van der Waals surface area (Å²) in [5.41, 5.74) is 0.962. The molecule has 0 radical (unpaired) electrons. The number of halogens is 2. The van der Waals surface area contributed by atoms with Crippen LogP contribution in [-0.2, 0) is 0 Å². The Morgan fingerprint density at radius 2 is 1.95 bits per heavy atom. The highest BCUT2D eigenvalue weighted by molar-refractivity contribution is 6.31. The van der Waals surface area contributed by atoms with E-state index in [1.807, 2.05) is 0 Å². The van der Waals surface area contributed by atoms with Gasteiger partial charge in [-0.05, 0) is 31.4 Å². The highest BCUT2D eigenvalue weighted by Gasteiger charge is 2.16. The number of piperidine rings is 1. The Morgan fingerprint density at radius 3 is 2.65 bits per heavy atom. The third-order valence-corrected chi connectivity index (χ3v) is 3.93. The molecule has 0 atom stereocenters. The van der Waals surface area contributed by atoms with Gasteiger partial charge in [0.05, 0.1) is 22.2 Å². The van der Waals surface area contributed by atoms with Gasteiger partial charge in [-0.1, -0.05) is 11.6 Å². The third-order valence-electron chi connectivity index (χ3n) is 3.64. The van der Waals surface area contributed by atoms with Gasteiger partial charge >= 0.3 is 0 Å². The van der Waals surface area contributed by atoms with Crippen LogP contribution in [0.3, 0.4) is 0 Å². The summed E-state index contributed by atoms with van der Waals surface area (Å²) in [7, 11) is 0. The zero-order chi connectivity index (χ0) is 14.1. The summed E-state index contributed by atoms with van der Waals surface area (Å²) in [5.74, 6) is 0.238. The Hall–Kier alpha value is -1.86. The number of fused-ring (bicyclic) bond motifs is 1. The molecule has 0 bridgehead atoms. The Balaban J connectivity index is 2.16. The number of nitrogens with zero attached hydrogens (tertiary/aromatic N) is 3.